The summed E-state index contributed by atoms with van der Waals surface area (Å²) in [4.78, 5) is 5.85. The van der Waals surface area contributed by atoms with Crippen LogP contribution in [0, 0.1) is 5.92 Å². The highest BCUT2D eigenvalue weighted by atomic mass is 19.4. The second kappa shape index (κ2) is 8.27. The van der Waals surface area contributed by atoms with E-state index in [1.807, 2.05) is 36.4 Å². The average Bonchev–Trinajstić information content (AvgIpc) is 2.75. The number of halogens is 3. The molecule has 2 nitrogen and oxygen atoms in total. The lowest BCUT2D eigenvalue weighted by atomic mass is 9.76. The van der Waals surface area contributed by atoms with Gasteiger partial charge in [-0.15, -0.1) is 0 Å². The highest BCUT2D eigenvalue weighted by Crippen LogP contribution is 2.40. The summed E-state index contributed by atoms with van der Waals surface area (Å²) in [6.07, 6.45) is -1.31. The van der Waals surface area contributed by atoms with Crippen molar-refractivity contribution in [3.63, 3.8) is 0 Å². The summed E-state index contributed by atoms with van der Waals surface area (Å²) in [7, 11) is 0. The van der Waals surface area contributed by atoms with Crippen LogP contribution >= 0.6 is 0 Å². The van der Waals surface area contributed by atoms with E-state index in [-0.39, 0.29) is 11.7 Å². The molecule has 0 N–H and O–H groups in total. The maximum absolute atomic E-state index is 13.4. The molecule has 29 heavy (non-hydrogen) atoms. The molecule has 4 rings (SSSR count). The first-order chi connectivity index (χ1) is 14.0. The zero-order chi connectivity index (χ0) is 20.3. The number of anilines is 1. The monoisotopic (exact) mass is 396 g/mol. The van der Waals surface area contributed by atoms with E-state index in [2.05, 4.69) is 29.2 Å². The van der Waals surface area contributed by atoms with Crippen LogP contribution in [0.15, 0.2) is 79.0 Å². The molecular formula is C24H23F3N2. The van der Waals surface area contributed by atoms with Crippen molar-refractivity contribution in [1.29, 1.82) is 0 Å². The lowest BCUT2D eigenvalue weighted by Gasteiger charge is -2.38. The number of pyridine rings is 1. The lowest BCUT2D eigenvalue weighted by molar-refractivity contribution is -0.137. The summed E-state index contributed by atoms with van der Waals surface area (Å²) in [5.74, 6) is 0.661. The summed E-state index contributed by atoms with van der Waals surface area (Å²) in [5.41, 5.74) is 1.86. The molecule has 0 spiro atoms. The molecule has 0 atom stereocenters. The number of piperidine rings is 1. The fourth-order valence-corrected chi connectivity index (χ4v) is 4.37. The summed E-state index contributed by atoms with van der Waals surface area (Å²) in [5, 5.41) is 0. The highest BCUT2D eigenvalue weighted by Gasteiger charge is 2.37. The summed E-state index contributed by atoms with van der Waals surface area (Å²) in [6.45, 7) is 1.14. The fraction of sp³-hybridized carbons (Fsp3) is 0.292. The second-order valence-corrected chi connectivity index (χ2v) is 7.50. The van der Waals surface area contributed by atoms with Crippen LogP contribution in [-0.2, 0) is 6.18 Å². The first-order valence-electron chi connectivity index (χ1n) is 9.91. The van der Waals surface area contributed by atoms with Gasteiger partial charge in [-0.1, -0.05) is 60.7 Å². The van der Waals surface area contributed by atoms with Crippen LogP contribution in [0.5, 0.6) is 0 Å². The molecule has 0 unspecified atom stereocenters. The normalized spacial score (nSPS) is 15.7. The van der Waals surface area contributed by atoms with E-state index in [0.717, 1.165) is 18.9 Å². The SMILES string of the molecule is FC(F)(F)c1cccnc1N1CCC(C(c2ccccc2)c2ccccc2)CC1. The minimum atomic E-state index is -4.39. The van der Waals surface area contributed by atoms with E-state index in [9.17, 15) is 13.2 Å². The Kier molecular flexibility index (Phi) is 5.56. The van der Waals surface area contributed by atoms with Crippen molar-refractivity contribution in [3.8, 4) is 0 Å². The van der Waals surface area contributed by atoms with Gasteiger partial charge in [0.05, 0.1) is 5.56 Å². The van der Waals surface area contributed by atoms with E-state index >= 15 is 0 Å². The molecule has 3 aromatic rings. The molecule has 1 aliphatic heterocycles. The Morgan fingerprint density at radius 1 is 0.793 bits per heavy atom. The van der Waals surface area contributed by atoms with Crippen LogP contribution in [0.3, 0.4) is 0 Å². The van der Waals surface area contributed by atoms with Gasteiger partial charge in [0.1, 0.15) is 5.82 Å². The molecule has 1 fully saturated rings. The zero-order valence-corrected chi connectivity index (χ0v) is 16.0. The van der Waals surface area contributed by atoms with Crippen LogP contribution < -0.4 is 4.90 Å². The molecule has 0 aliphatic carbocycles. The minimum absolute atomic E-state index is 0.0504. The van der Waals surface area contributed by atoms with Gasteiger partial charge in [-0.2, -0.15) is 13.2 Å². The maximum Gasteiger partial charge on any atom is 0.419 e. The van der Waals surface area contributed by atoms with Gasteiger partial charge in [0.2, 0.25) is 0 Å². The predicted octanol–water partition coefficient (Wildman–Crippen LogP) is 6.15. The number of hydrogen-bond acceptors (Lipinski definition) is 2. The van der Waals surface area contributed by atoms with E-state index in [0.29, 0.717) is 19.0 Å². The molecule has 2 aromatic carbocycles. The smallest absolute Gasteiger partial charge is 0.356 e. The van der Waals surface area contributed by atoms with Gasteiger partial charge in [0.15, 0.2) is 0 Å². The largest absolute Gasteiger partial charge is 0.419 e. The van der Waals surface area contributed by atoms with Gasteiger partial charge < -0.3 is 4.90 Å². The van der Waals surface area contributed by atoms with Crippen LogP contribution in [0.1, 0.15) is 35.4 Å². The van der Waals surface area contributed by atoms with Crippen LogP contribution in [-0.4, -0.2) is 18.1 Å². The molecule has 0 amide bonds. The molecule has 1 aliphatic rings. The number of hydrogen-bond donors (Lipinski definition) is 0. The Morgan fingerprint density at radius 3 is 1.86 bits per heavy atom. The number of rotatable bonds is 4. The van der Waals surface area contributed by atoms with Crippen molar-refractivity contribution in [1.82, 2.24) is 4.98 Å². The third-order valence-corrected chi connectivity index (χ3v) is 5.72. The molecule has 5 heteroatoms. The first-order valence-corrected chi connectivity index (χ1v) is 9.91. The maximum atomic E-state index is 13.4. The lowest BCUT2D eigenvalue weighted by Crippen LogP contribution is -2.37. The fourth-order valence-electron chi connectivity index (χ4n) is 4.37. The molecular weight excluding hydrogens is 373 g/mol. The molecule has 0 saturated carbocycles. The number of benzene rings is 2. The van der Waals surface area contributed by atoms with Crippen LogP contribution in [0.4, 0.5) is 19.0 Å². The van der Waals surface area contributed by atoms with E-state index in [1.165, 1.54) is 23.4 Å². The van der Waals surface area contributed by atoms with Gasteiger partial charge >= 0.3 is 6.18 Å². The molecule has 0 radical (unpaired) electrons. The molecule has 1 aromatic heterocycles. The summed E-state index contributed by atoms with van der Waals surface area (Å²) in [6, 6.07) is 23.2. The van der Waals surface area contributed by atoms with Crippen molar-refractivity contribution in [2.24, 2.45) is 5.92 Å². The van der Waals surface area contributed by atoms with Crippen molar-refractivity contribution in [2.45, 2.75) is 24.9 Å². The third kappa shape index (κ3) is 4.29. The van der Waals surface area contributed by atoms with Gasteiger partial charge in [0, 0.05) is 25.2 Å². The Balaban J connectivity index is 1.57. The Labute approximate surface area is 169 Å². The number of nitrogens with zero attached hydrogens (tertiary/aromatic N) is 2. The Morgan fingerprint density at radius 2 is 1.34 bits per heavy atom. The van der Waals surface area contributed by atoms with E-state index in [4.69, 9.17) is 0 Å². The molecule has 0 bridgehead atoms. The van der Waals surface area contributed by atoms with Gasteiger partial charge in [-0.3, -0.25) is 0 Å². The second-order valence-electron chi connectivity index (χ2n) is 7.50. The van der Waals surface area contributed by atoms with Crippen molar-refractivity contribution >= 4 is 5.82 Å². The summed E-state index contributed by atoms with van der Waals surface area (Å²) < 4.78 is 40.2. The van der Waals surface area contributed by atoms with Gasteiger partial charge in [-0.25, -0.2) is 4.98 Å². The van der Waals surface area contributed by atoms with Crippen molar-refractivity contribution in [2.75, 3.05) is 18.0 Å². The topological polar surface area (TPSA) is 16.1 Å². The Hall–Kier alpha value is -2.82. The minimum Gasteiger partial charge on any atom is -0.356 e. The standard InChI is InChI=1S/C24H23F3N2/c25-24(26,27)21-12-7-15-28-23(21)29-16-13-20(14-17-29)22(18-8-3-1-4-9-18)19-10-5-2-6-11-19/h1-12,15,20,22H,13-14,16-17H2. The Bertz CT molecular complexity index is 878. The average molecular weight is 396 g/mol. The zero-order valence-electron chi connectivity index (χ0n) is 16.0. The molecule has 150 valence electrons. The third-order valence-electron chi connectivity index (χ3n) is 5.72. The van der Waals surface area contributed by atoms with Gasteiger partial charge in [-0.05, 0) is 42.0 Å². The summed E-state index contributed by atoms with van der Waals surface area (Å²) >= 11 is 0. The van der Waals surface area contributed by atoms with E-state index < -0.39 is 11.7 Å². The van der Waals surface area contributed by atoms with Crippen LogP contribution in [0.25, 0.3) is 0 Å². The predicted molar refractivity (Wildman–Crippen MR) is 109 cm³/mol. The van der Waals surface area contributed by atoms with Crippen molar-refractivity contribution < 1.29 is 13.2 Å². The molecule has 1 saturated heterocycles. The first kappa shape index (κ1) is 19.5. The highest BCUT2D eigenvalue weighted by molar-refractivity contribution is 5.49. The molecule has 2 heterocycles. The number of alkyl halides is 3. The quantitative estimate of drug-likeness (QED) is 0.526. The van der Waals surface area contributed by atoms with Crippen LogP contribution in [0.2, 0.25) is 0 Å². The van der Waals surface area contributed by atoms with E-state index in [1.54, 1.807) is 4.90 Å². The number of aromatic nitrogens is 1. The van der Waals surface area contributed by atoms with Crippen molar-refractivity contribution in [3.05, 3.63) is 95.7 Å². The van der Waals surface area contributed by atoms with Gasteiger partial charge in [0.25, 0.3) is 0 Å².